The lowest BCUT2D eigenvalue weighted by molar-refractivity contribution is 0.400. The summed E-state index contributed by atoms with van der Waals surface area (Å²) in [6.07, 6.45) is 13.0. The van der Waals surface area contributed by atoms with E-state index in [0.717, 1.165) is 29.6 Å². The Morgan fingerprint density at radius 3 is 2.82 bits per heavy atom. The van der Waals surface area contributed by atoms with E-state index in [1.807, 2.05) is 0 Å². The van der Waals surface area contributed by atoms with Crippen LogP contribution >= 0.6 is 0 Å². The largest absolute Gasteiger partial charge is 0.0808 e. The summed E-state index contributed by atoms with van der Waals surface area (Å²) in [5.74, 6) is 4.22. The van der Waals surface area contributed by atoms with Crippen molar-refractivity contribution in [2.24, 2.45) is 29.6 Å². The van der Waals surface area contributed by atoms with Crippen molar-refractivity contribution in [3.63, 3.8) is 0 Å². The lowest BCUT2D eigenvalue weighted by atomic mass is 9.84. The lowest BCUT2D eigenvalue weighted by Crippen LogP contribution is -2.11. The van der Waals surface area contributed by atoms with Crippen LogP contribution in [0.15, 0.2) is 23.8 Å². The summed E-state index contributed by atoms with van der Waals surface area (Å²) in [5, 5.41) is 0. The Morgan fingerprint density at radius 2 is 2.12 bits per heavy atom. The average Bonchev–Trinajstić information content (AvgIpc) is 3.09. The number of fused-ring (bicyclic) bond motifs is 1. The van der Waals surface area contributed by atoms with E-state index >= 15 is 0 Å². The zero-order chi connectivity index (χ0) is 12.4. The fraction of sp³-hybridized carbons (Fsp3) is 0.765. The predicted molar refractivity (Wildman–Crippen MR) is 75.8 cm³/mol. The molecule has 0 bridgehead atoms. The molecule has 0 aromatic rings. The Bertz CT molecular complexity index is 310. The molecule has 17 heavy (non-hydrogen) atoms. The molecule has 0 nitrogen and oxygen atoms in total. The van der Waals surface area contributed by atoms with E-state index in [-0.39, 0.29) is 0 Å². The van der Waals surface area contributed by atoms with Crippen LogP contribution in [0.1, 0.15) is 53.4 Å². The van der Waals surface area contributed by atoms with Crippen LogP contribution in [0.2, 0.25) is 0 Å². The van der Waals surface area contributed by atoms with Crippen LogP contribution in [-0.2, 0) is 0 Å². The van der Waals surface area contributed by atoms with E-state index in [1.165, 1.54) is 25.7 Å². The SMILES string of the molecule is CCCCC(C)C(C)C1=CC(C)C2CC2C=C1. The number of hydrogen-bond acceptors (Lipinski definition) is 0. The summed E-state index contributed by atoms with van der Waals surface area (Å²) >= 11 is 0. The van der Waals surface area contributed by atoms with Gasteiger partial charge in [-0.25, -0.2) is 0 Å². The summed E-state index contributed by atoms with van der Waals surface area (Å²) in [5.41, 5.74) is 1.60. The fourth-order valence-electron chi connectivity index (χ4n) is 3.19. The van der Waals surface area contributed by atoms with E-state index in [4.69, 9.17) is 0 Å². The Labute approximate surface area is 107 Å². The molecule has 5 atom stereocenters. The molecule has 0 radical (unpaired) electrons. The third-order valence-corrected chi connectivity index (χ3v) is 4.95. The minimum atomic E-state index is 0.734. The van der Waals surface area contributed by atoms with Crippen molar-refractivity contribution in [2.75, 3.05) is 0 Å². The lowest BCUT2D eigenvalue weighted by Gasteiger charge is -2.22. The first-order valence-electron chi connectivity index (χ1n) is 7.53. The van der Waals surface area contributed by atoms with Crippen molar-refractivity contribution in [2.45, 2.75) is 53.4 Å². The first-order valence-corrected chi connectivity index (χ1v) is 7.53. The van der Waals surface area contributed by atoms with Gasteiger partial charge in [-0.3, -0.25) is 0 Å². The van der Waals surface area contributed by atoms with E-state index in [2.05, 4.69) is 45.9 Å². The molecule has 2 aliphatic carbocycles. The zero-order valence-corrected chi connectivity index (χ0v) is 11.9. The van der Waals surface area contributed by atoms with Crippen LogP contribution < -0.4 is 0 Å². The highest BCUT2D eigenvalue weighted by Gasteiger charge is 2.39. The zero-order valence-electron chi connectivity index (χ0n) is 11.9. The summed E-state index contributed by atoms with van der Waals surface area (Å²) in [6.45, 7) is 9.53. The predicted octanol–water partition coefficient (Wildman–Crippen LogP) is 5.22. The molecule has 0 aromatic heterocycles. The van der Waals surface area contributed by atoms with Gasteiger partial charge in [0.15, 0.2) is 0 Å². The molecule has 0 heteroatoms. The minimum absolute atomic E-state index is 0.734. The first kappa shape index (κ1) is 12.9. The van der Waals surface area contributed by atoms with Gasteiger partial charge in [0.25, 0.3) is 0 Å². The normalized spacial score (nSPS) is 34.6. The molecule has 1 fully saturated rings. The van der Waals surface area contributed by atoms with Crippen LogP contribution in [-0.4, -0.2) is 0 Å². The van der Waals surface area contributed by atoms with Crippen LogP contribution in [0.25, 0.3) is 0 Å². The third kappa shape index (κ3) is 3.03. The minimum Gasteiger partial charge on any atom is -0.0808 e. The van der Waals surface area contributed by atoms with Gasteiger partial charge < -0.3 is 0 Å². The maximum atomic E-state index is 2.56. The molecule has 0 aromatic carbocycles. The Hall–Kier alpha value is -0.520. The molecule has 0 heterocycles. The van der Waals surface area contributed by atoms with Crippen molar-refractivity contribution in [3.8, 4) is 0 Å². The molecule has 0 amide bonds. The molecular weight excluding hydrogens is 204 g/mol. The molecule has 0 aliphatic heterocycles. The molecule has 96 valence electrons. The Balaban J connectivity index is 1.98. The molecule has 2 aliphatic rings. The number of hydrogen-bond donors (Lipinski definition) is 0. The third-order valence-electron chi connectivity index (χ3n) is 4.95. The van der Waals surface area contributed by atoms with Crippen LogP contribution in [0.4, 0.5) is 0 Å². The molecule has 0 spiro atoms. The Kier molecular flexibility index (Phi) is 4.12. The number of unbranched alkanes of at least 4 members (excludes halogenated alkanes) is 1. The van der Waals surface area contributed by atoms with Crippen molar-refractivity contribution in [3.05, 3.63) is 23.8 Å². The molecule has 1 saturated carbocycles. The molecule has 5 unspecified atom stereocenters. The summed E-state index contributed by atoms with van der Waals surface area (Å²) < 4.78 is 0. The number of allylic oxidation sites excluding steroid dienone is 4. The van der Waals surface area contributed by atoms with Gasteiger partial charge in [0.2, 0.25) is 0 Å². The van der Waals surface area contributed by atoms with Crippen LogP contribution in [0.5, 0.6) is 0 Å². The van der Waals surface area contributed by atoms with Gasteiger partial charge in [-0.15, -0.1) is 0 Å². The van der Waals surface area contributed by atoms with E-state index in [0.29, 0.717) is 0 Å². The number of rotatable bonds is 5. The van der Waals surface area contributed by atoms with Gasteiger partial charge in [0, 0.05) is 0 Å². The quantitative estimate of drug-likeness (QED) is 0.610. The van der Waals surface area contributed by atoms with Gasteiger partial charge >= 0.3 is 0 Å². The van der Waals surface area contributed by atoms with E-state index < -0.39 is 0 Å². The van der Waals surface area contributed by atoms with Gasteiger partial charge in [0.05, 0.1) is 0 Å². The maximum absolute atomic E-state index is 2.56. The van der Waals surface area contributed by atoms with Gasteiger partial charge in [0.1, 0.15) is 0 Å². The topological polar surface area (TPSA) is 0 Å². The standard InChI is InChI=1S/C17H28/c1-5-6-7-12(2)14(4)15-8-9-16-11-17(16)13(3)10-15/h8-10,12-14,16-17H,5-7,11H2,1-4H3. The fourth-order valence-corrected chi connectivity index (χ4v) is 3.19. The highest BCUT2D eigenvalue weighted by Crippen LogP contribution is 2.48. The van der Waals surface area contributed by atoms with Crippen molar-refractivity contribution in [1.82, 2.24) is 0 Å². The average molecular weight is 232 g/mol. The van der Waals surface area contributed by atoms with Gasteiger partial charge in [-0.1, -0.05) is 65.2 Å². The van der Waals surface area contributed by atoms with Gasteiger partial charge in [-0.05, 0) is 41.6 Å². The summed E-state index contributed by atoms with van der Waals surface area (Å²) in [4.78, 5) is 0. The van der Waals surface area contributed by atoms with Crippen LogP contribution in [0, 0.1) is 29.6 Å². The van der Waals surface area contributed by atoms with E-state index in [9.17, 15) is 0 Å². The molecule has 2 rings (SSSR count). The molecule has 0 saturated heterocycles. The summed E-state index contributed by atoms with van der Waals surface area (Å²) in [6, 6.07) is 0. The van der Waals surface area contributed by atoms with Crippen molar-refractivity contribution < 1.29 is 0 Å². The smallest absolute Gasteiger partial charge is 0.0168 e. The maximum Gasteiger partial charge on any atom is -0.0168 e. The molecular formula is C17H28. The van der Waals surface area contributed by atoms with Crippen LogP contribution in [0.3, 0.4) is 0 Å². The second-order valence-corrected chi connectivity index (χ2v) is 6.36. The van der Waals surface area contributed by atoms with Crippen molar-refractivity contribution >= 4 is 0 Å². The molecule has 0 N–H and O–H groups in total. The van der Waals surface area contributed by atoms with Gasteiger partial charge in [-0.2, -0.15) is 0 Å². The summed E-state index contributed by atoms with van der Waals surface area (Å²) in [7, 11) is 0. The Morgan fingerprint density at radius 1 is 1.35 bits per heavy atom. The monoisotopic (exact) mass is 232 g/mol. The van der Waals surface area contributed by atoms with E-state index in [1.54, 1.807) is 5.57 Å². The van der Waals surface area contributed by atoms with Crippen molar-refractivity contribution in [1.29, 1.82) is 0 Å². The highest BCUT2D eigenvalue weighted by molar-refractivity contribution is 5.28. The highest BCUT2D eigenvalue weighted by atomic mass is 14.4. The second-order valence-electron chi connectivity index (χ2n) is 6.36. The second kappa shape index (κ2) is 5.42. The first-order chi connectivity index (χ1) is 8.13.